The lowest BCUT2D eigenvalue weighted by atomic mass is 10.3. The molecule has 0 spiro atoms. The van der Waals surface area contributed by atoms with Crippen LogP contribution in [-0.4, -0.2) is 31.1 Å². The summed E-state index contributed by atoms with van der Waals surface area (Å²) in [4.78, 5) is -0.290. The number of nitrogens with one attached hydrogen (secondary N) is 2. The second-order valence-electron chi connectivity index (χ2n) is 6.38. The zero-order valence-corrected chi connectivity index (χ0v) is 19.9. The fourth-order valence-electron chi connectivity index (χ4n) is 2.69. The third-order valence-corrected chi connectivity index (χ3v) is 7.73. The highest BCUT2D eigenvalue weighted by Gasteiger charge is 2.20. The van der Waals surface area contributed by atoms with Crippen LogP contribution in [0.15, 0.2) is 70.5 Å². The number of hydrogen-bond acceptors (Lipinski definition) is 6. The van der Waals surface area contributed by atoms with Crippen molar-refractivity contribution >= 4 is 54.6 Å². The van der Waals surface area contributed by atoms with Gasteiger partial charge in [-0.05, 0) is 54.6 Å². The normalized spacial score (nSPS) is 11.6. The van der Waals surface area contributed by atoms with Gasteiger partial charge in [0.1, 0.15) is 16.4 Å². The first-order valence-electron chi connectivity index (χ1n) is 8.88. The minimum Gasteiger partial charge on any atom is -0.497 e. The molecule has 0 saturated carbocycles. The molecule has 3 aromatic rings. The van der Waals surface area contributed by atoms with E-state index in [0.717, 1.165) is 0 Å². The Hall–Kier alpha value is -2.66. The van der Waals surface area contributed by atoms with Crippen LogP contribution in [0.2, 0.25) is 10.0 Å². The monoisotopic (exact) mass is 516 g/mol. The van der Waals surface area contributed by atoms with E-state index >= 15 is 0 Å². The lowest BCUT2D eigenvalue weighted by Crippen LogP contribution is -2.15. The van der Waals surface area contributed by atoms with Gasteiger partial charge >= 0.3 is 0 Å². The van der Waals surface area contributed by atoms with E-state index in [1.165, 1.54) is 62.8 Å². The van der Waals surface area contributed by atoms with E-state index in [1.807, 2.05) is 0 Å². The zero-order valence-electron chi connectivity index (χ0n) is 16.8. The third-order valence-electron chi connectivity index (χ3n) is 4.25. The lowest BCUT2D eigenvalue weighted by Gasteiger charge is -2.14. The second-order valence-corrected chi connectivity index (χ2v) is 10.6. The van der Waals surface area contributed by atoms with Crippen LogP contribution in [0.4, 0.5) is 11.4 Å². The summed E-state index contributed by atoms with van der Waals surface area (Å²) in [6.07, 6.45) is 0. The van der Waals surface area contributed by atoms with Gasteiger partial charge in [0.15, 0.2) is 0 Å². The van der Waals surface area contributed by atoms with Gasteiger partial charge in [-0.15, -0.1) is 0 Å². The number of hydrogen-bond donors (Lipinski definition) is 2. The van der Waals surface area contributed by atoms with Gasteiger partial charge in [-0.3, -0.25) is 9.44 Å². The van der Waals surface area contributed by atoms with Crippen LogP contribution < -0.4 is 18.9 Å². The summed E-state index contributed by atoms with van der Waals surface area (Å²) in [5, 5.41) is 0.202. The molecule has 170 valence electrons. The van der Waals surface area contributed by atoms with Gasteiger partial charge in [-0.2, -0.15) is 0 Å². The zero-order chi connectivity index (χ0) is 23.5. The largest absolute Gasteiger partial charge is 0.497 e. The minimum atomic E-state index is -4.04. The molecule has 0 radical (unpaired) electrons. The number of methoxy groups -OCH3 is 2. The molecule has 0 aliphatic rings. The van der Waals surface area contributed by atoms with Gasteiger partial charge in [0.05, 0.1) is 29.8 Å². The van der Waals surface area contributed by atoms with Crippen LogP contribution in [0.1, 0.15) is 0 Å². The van der Waals surface area contributed by atoms with Crippen molar-refractivity contribution in [2.24, 2.45) is 0 Å². The number of ether oxygens (including phenoxy) is 2. The molecule has 0 saturated heterocycles. The molecule has 0 fully saturated rings. The molecule has 0 aliphatic carbocycles. The quantitative estimate of drug-likeness (QED) is 0.452. The number of anilines is 2. The maximum absolute atomic E-state index is 12.8. The number of halogens is 2. The van der Waals surface area contributed by atoms with Gasteiger partial charge in [0, 0.05) is 16.8 Å². The molecule has 2 N–H and O–H groups in total. The maximum Gasteiger partial charge on any atom is 0.263 e. The Morgan fingerprint density at radius 3 is 2.06 bits per heavy atom. The summed E-state index contributed by atoms with van der Waals surface area (Å²) in [5.74, 6) is 0.741. The fraction of sp³-hybridized carbons (Fsp3) is 0.100. The van der Waals surface area contributed by atoms with Gasteiger partial charge in [0.2, 0.25) is 0 Å². The van der Waals surface area contributed by atoms with Gasteiger partial charge in [-0.1, -0.05) is 23.2 Å². The Morgan fingerprint density at radius 2 is 1.44 bits per heavy atom. The van der Waals surface area contributed by atoms with Crippen molar-refractivity contribution in [1.29, 1.82) is 0 Å². The highest BCUT2D eigenvalue weighted by molar-refractivity contribution is 7.93. The minimum absolute atomic E-state index is 0.00228. The van der Waals surface area contributed by atoms with Crippen molar-refractivity contribution in [3.63, 3.8) is 0 Å². The fourth-order valence-corrected chi connectivity index (χ4v) is 5.58. The van der Waals surface area contributed by atoms with Crippen LogP contribution in [-0.2, 0) is 20.0 Å². The number of benzene rings is 3. The Labute approximate surface area is 196 Å². The molecular formula is C20H18Cl2N2O6S2. The second kappa shape index (κ2) is 9.45. The molecule has 0 bridgehead atoms. The molecule has 0 aromatic heterocycles. The average Bonchev–Trinajstić information content (AvgIpc) is 2.75. The standard InChI is InChI=1S/C20H18Cl2N2O6S2/c1-29-15-6-10-19(30-2)18(12-15)24-31(25,26)16-7-4-14(5-8-16)23-32(27,28)20-11-13(21)3-9-17(20)22/h3-12,23-24H,1-2H3. The van der Waals surface area contributed by atoms with Gasteiger partial charge < -0.3 is 9.47 Å². The van der Waals surface area contributed by atoms with E-state index in [0.29, 0.717) is 11.5 Å². The van der Waals surface area contributed by atoms with Crippen molar-refractivity contribution < 1.29 is 26.3 Å². The molecule has 0 aliphatic heterocycles. The molecule has 0 amide bonds. The molecule has 0 atom stereocenters. The van der Waals surface area contributed by atoms with Gasteiger partial charge in [-0.25, -0.2) is 16.8 Å². The van der Waals surface area contributed by atoms with Crippen molar-refractivity contribution in [3.05, 3.63) is 70.7 Å². The molecule has 32 heavy (non-hydrogen) atoms. The number of sulfonamides is 2. The molecule has 0 unspecified atom stereocenters. The smallest absolute Gasteiger partial charge is 0.263 e. The first kappa shape index (κ1) is 24.0. The van der Waals surface area contributed by atoms with Crippen LogP contribution in [0, 0.1) is 0 Å². The Morgan fingerprint density at radius 1 is 0.750 bits per heavy atom. The molecule has 8 nitrogen and oxygen atoms in total. The molecule has 3 rings (SSSR count). The number of rotatable bonds is 8. The summed E-state index contributed by atoms with van der Waals surface area (Å²) >= 11 is 11.8. The summed E-state index contributed by atoms with van der Waals surface area (Å²) in [6.45, 7) is 0. The summed E-state index contributed by atoms with van der Waals surface area (Å²) < 4.78 is 65.9. The van der Waals surface area contributed by atoms with Crippen molar-refractivity contribution in [1.82, 2.24) is 0 Å². The van der Waals surface area contributed by atoms with Crippen molar-refractivity contribution in [3.8, 4) is 11.5 Å². The highest BCUT2D eigenvalue weighted by Crippen LogP contribution is 2.31. The lowest BCUT2D eigenvalue weighted by molar-refractivity contribution is 0.405. The van der Waals surface area contributed by atoms with Crippen LogP contribution in [0.25, 0.3) is 0 Å². The molecular weight excluding hydrogens is 499 g/mol. The maximum atomic E-state index is 12.8. The van der Waals surface area contributed by atoms with E-state index in [1.54, 1.807) is 12.1 Å². The Balaban J connectivity index is 1.84. The summed E-state index contributed by atoms with van der Waals surface area (Å²) in [5.41, 5.74) is 0.325. The predicted molar refractivity (Wildman–Crippen MR) is 124 cm³/mol. The third kappa shape index (κ3) is 5.39. The Bertz CT molecular complexity index is 1350. The van der Waals surface area contributed by atoms with E-state index < -0.39 is 20.0 Å². The van der Waals surface area contributed by atoms with Crippen LogP contribution in [0.3, 0.4) is 0 Å². The van der Waals surface area contributed by atoms with E-state index in [9.17, 15) is 16.8 Å². The van der Waals surface area contributed by atoms with Crippen LogP contribution in [0.5, 0.6) is 11.5 Å². The van der Waals surface area contributed by atoms with Crippen molar-refractivity contribution in [2.75, 3.05) is 23.7 Å². The predicted octanol–water partition coefficient (Wildman–Crippen LogP) is 4.61. The van der Waals surface area contributed by atoms with Gasteiger partial charge in [0.25, 0.3) is 20.0 Å². The van der Waals surface area contributed by atoms with E-state index in [4.69, 9.17) is 32.7 Å². The van der Waals surface area contributed by atoms with Crippen molar-refractivity contribution in [2.45, 2.75) is 9.79 Å². The molecule has 3 aromatic carbocycles. The topological polar surface area (TPSA) is 111 Å². The summed E-state index contributed by atoms with van der Waals surface area (Å²) in [6, 6.07) is 13.9. The first-order chi connectivity index (χ1) is 15.1. The first-order valence-corrected chi connectivity index (χ1v) is 12.6. The SMILES string of the molecule is COc1ccc(OC)c(NS(=O)(=O)c2ccc(NS(=O)(=O)c3cc(Cl)ccc3Cl)cc2)c1. The Kier molecular flexibility index (Phi) is 7.09. The van der Waals surface area contributed by atoms with E-state index in [2.05, 4.69) is 9.44 Å². The van der Waals surface area contributed by atoms with Crippen LogP contribution >= 0.6 is 23.2 Å². The highest BCUT2D eigenvalue weighted by atomic mass is 35.5. The summed E-state index contributed by atoms with van der Waals surface area (Å²) in [7, 11) is -5.17. The van der Waals surface area contributed by atoms with E-state index in [-0.39, 0.29) is 31.2 Å². The molecule has 0 heterocycles. The molecule has 12 heteroatoms. The average molecular weight is 517 g/mol.